The molecule has 0 aliphatic carbocycles. The Kier molecular flexibility index (Phi) is 3.39. The quantitative estimate of drug-likeness (QED) is 0.857. The maximum Gasteiger partial charge on any atom is 0.339 e. The Morgan fingerprint density at radius 1 is 1.29 bits per heavy atom. The van der Waals surface area contributed by atoms with E-state index in [2.05, 4.69) is 10.3 Å². The molecule has 1 N–H and O–H groups in total. The van der Waals surface area contributed by atoms with Crippen molar-refractivity contribution in [1.29, 1.82) is 0 Å². The number of hydrogen-bond donors (Lipinski definition) is 1. The molecule has 3 rings (SSSR count). The first-order valence-corrected chi connectivity index (χ1v) is 6.66. The molecule has 2 aromatic rings. The van der Waals surface area contributed by atoms with E-state index in [-0.39, 0.29) is 5.91 Å². The van der Waals surface area contributed by atoms with Gasteiger partial charge in [-0.05, 0) is 30.2 Å². The molecule has 1 aliphatic heterocycles. The normalized spacial score (nSPS) is 16.8. The molecule has 1 aromatic heterocycles. The van der Waals surface area contributed by atoms with Crippen LogP contribution in [0.25, 0.3) is 0 Å². The third kappa shape index (κ3) is 2.63. The number of nitrogens with zero attached hydrogens (tertiary/aromatic N) is 1. The maximum atomic E-state index is 12.2. The highest BCUT2D eigenvalue weighted by molar-refractivity contribution is 5.99. The second-order valence-electron chi connectivity index (χ2n) is 4.91. The van der Waals surface area contributed by atoms with E-state index < -0.39 is 12.1 Å². The van der Waals surface area contributed by atoms with Gasteiger partial charge in [0.15, 0.2) is 6.10 Å². The molecule has 21 heavy (non-hydrogen) atoms. The number of carbonyl (C=O) groups is 2. The van der Waals surface area contributed by atoms with E-state index in [4.69, 9.17) is 4.74 Å². The summed E-state index contributed by atoms with van der Waals surface area (Å²) < 4.78 is 5.21. The minimum atomic E-state index is -0.825. The number of benzene rings is 1. The van der Waals surface area contributed by atoms with Crippen molar-refractivity contribution < 1.29 is 14.3 Å². The van der Waals surface area contributed by atoms with E-state index in [1.165, 1.54) is 0 Å². The largest absolute Gasteiger partial charge is 0.448 e. The number of nitrogens with one attached hydrogen (secondary N) is 1. The van der Waals surface area contributed by atoms with Gasteiger partial charge in [0.2, 0.25) is 0 Å². The molecule has 2 heterocycles. The minimum Gasteiger partial charge on any atom is -0.448 e. The second-order valence-corrected chi connectivity index (χ2v) is 4.91. The summed E-state index contributed by atoms with van der Waals surface area (Å²) in [4.78, 5) is 28.3. The number of pyridine rings is 1. The van der Waals surface area contributed by atoms with E-state index in [0.29, 0.717) is 17.8 Å². The molecule has 0 saturated carbocycles. The maximum absolute atomic E-state index is 12.2. The summed E-state index contributed by atoms with van der Waals surface area (Å²) in [5, 5.41) is 2.70. The molecule has 0 spiro atoms. The Morgan fingerprint density at radius 3 is 2.90 bits per heavy atom. The van der Waals surface area contributed by atoms with Crippen LogP contribution in [-0.4, -0.2) is 23.0 Å². The summed E-state index contributed by atoms with van der Waals surface area (Å²) in [5.41, 5.74) is 2.20. The molecule has 0 saturated heterocycles. The van der Waals surface area contributed by atoms with Crippen LogP contribution in [0.3, 0.4) is 0 Å². The first-order chi connectivity index (χ1) is 10.1. The first kappa shape index (κ1) is 13.3. The summed E-state index contributed by atoms with van der Waals surface area (Å²) in [6.45, 7) is 1.85. The van der Waals surface area contributed by atoms with E-state index in [0.717, 1.165) is 11.1 Å². The highest BCUT2D eigenvalue weighted by Gasteiger charge is 2.31. The summed E-state index contributed by atoms with van der Waals surface area (Å²) in [6.07, 6.45) is 1.15. The monoisotopic (exact) mass is 282 g/mol. The number of aromatic nitrogens is 1. The molecule has 1 aromatic carbocycles. The summed E-state index contributed by atoms with van der Waals surface area (Å²) in [7, 11) is 0. The second kappa shape index (κ2) is 5.36. The average Bonchev–Trinajstić information content (AvgIpc) is 2.49. The number of rotatable bonds is 2. The topological polar surface area (TPSA) is 68.3 Å². The predicted molar refractivity (Wildman–Crippen MR) is 77.0 cm³/mol. The molecular weight excluding hydrogens is 268 g/mol. The van der Waals surface area contributed by atoms with Gasteiger partial charge in [0.25, 0.3) is 5.91 Å². The van der Waals surface area contributed by atoms with Crippen LogP contribution in [0.2, 0.25) is 0 Å². The number of fused-ring (bicyclic) bond motifs is 1. The molecule has 1 amide bonds. The Balaban J connectivity index is 1.78. The van der Waals surface area contributed by atoms with Gasteiger partial charge in [0.1, 0.15) is 5.82 Å². The molecule has 1 unspecified atom stereocenters. The van der Waals surface area contributed by atoms with Crippen molar-refractivity contribution in [3.63, 3.8) is 0 Å². The number of hydrogen-bond acceptors (Lipinski definition) is 4. The van der Waals surface area contributed by atoms with Crippen LogP contribution in [0.15, 0.2) is 42.6 Å². The number of esters is 1. The van der Waals surface area contributed by atoms with Crippen LogP contribution in [-0.2, 0) is 16.0 Å². The van der Waals surface area contributed by atoms with Crippen LogP contribution < -0.4 is 5.32 Å². The van der Waals surface area contributed by atoms with E-state index >= 15 is 0 Å². The Hall–Kier alpha value is -2.69. The van der Waals surface area contributed by atoms with E-state index in [1.807, 2.05) is 25.1 Å². The number of cyclic esters (lactones) is 1. The third-order valence-corrected chi connectivity index (χ3v) is 3.44. The number of amides is 1. The first-order valence-electron chi connectivity index (χ1n) is 6.66. The zero-order valence-corrected chi connectivity index (χ0v) is 11.5. The van der Waals surface area contributed by atoms with Gasteiger partial charge in [-0.2, -0.15) is 0 Å². The van der Waals surface area contributed by atoms with Crippen molar-refractivity contribution in [2.45, 2.75) is 19.4 Å². The van der Waals surface area contributed by atoms with Gasteiger partial charge < -0.3 is 10.1 Å². The zero-order valence-electron chi connectivity index (χ0n) is 11.5. The number of anilines is 1. The number of carbonyl (C=O) groups excluding carboxylic acids is 2. The van der Waals surface area contributed by atoms with Gasteiger partial charge in [0, 0.05) is 12.6 Å². The van der Waals surface area contributed by atoms with Crippen molar-refractivity contribution in [3.05, 3.63) is 59.3 Å². The lowest BCUT2D eigenvalue weighted by atomic mass is 9.98. The molecule has 1 atom stereocenters. The van der Waals surface area contributed by atoms with Crippen LogP contribution in [0.1, 0.15) is 21.5 Å². The molecule has 0 radical (unpaired) electrons. The Labute approximate surface area is 122 Å². The predicted octanol–water partition coefficient (Wildman–Crippen LogP) is 2.11. The highest BCUT2D eigenvalue weighted by Crippen LogP contribution is 2.21. The minimum absolute atomic E-state index is 0.361. The highest BCUT2D eigenvalue weighted by atomic mass is 16.5. The van der Waals surface area contributed by atoms with Crippen molar-refractivity contribution >= 4 is 17.7 Å². The van der Waals surface area contributed by atoms with Crippen molar-refractivity contribution in [2.75, 3.05) is 5.32 Å². The molecule has 106 valence electrons. The van der Waals surface area contributed by atoms with Gasteiger partial charge in [-0.15, -0.1) is 0 Å². The van der Waals surface area contributed by atoms with E-state index in [9.17, 15) is 9.59 Å². The fraction of sp³-hybridized carbons (Fsp3) is 0.188. The van der Waals surface area contributed by atoms with Gasteiger partial charge >= 0.3 is 5.97 Å². The van der Waals surface area contributed by atoms with Gasteiger partial charge in [-0.25, -0.2) is 9.78 Å². The molecule has 0 bridgehead atoms. The number of aryl methyl sites for hydroxylation is 1. The van der Waals surface area contributed by atoms with Crippen LogP contribution in [0.4, 0.5) is 5.82 Å². The summed E-state index contributed by atoms with van der Waals surface area (Å²) in [5.74, 6) is -0.341. The third-order valence-electron chi connectivity index (χ3n) is 3.44. The Bertz CT molecular complexity index is 712. The number of ether oxygens (including phenoxy) is 1. The summed E-state index contributed by atoms with van der Waals surface area (Å²) >= 11 is 0. The molecule has 5 nitrogen and oxygen atoms in total. The zero-order chi connectivity index (χ0) is 14.8. The molecular formula is C16H14N2O3. The standard InChI is InChI=1S/C16H14N2O3/c1-10-5-4-8-17-14(10)18-15(19)13-9-11-6-2-3-7-12(11)16(20)21-13/h2-8,13H,9H2,1H3,(H,17,18,19). The van der Waals surface area contributed by atoms with Gasteiger partial charge in [0.05, 0.1) is 5.56 Å². The van der Waals surface area contributed by atoms with Gasteiger partial charge in [-0.1, -0.05) is 24.3 Å². The van der Waals surface area contributed by atoms with Crippen molar-refractivity contribution in [1.82, 2.24) is 4.98 Å². The van der Waals surface area contributed by atoms with Crippen molar-refractivity contribution in [2.24, 2.45) is 0 Å². The smallest absolute Gasteiger partial charge is 0.339 e. The SMILES string of the molecule is Cc1cccnc1NC(=O)C1Cc2ccccc2C(=O)O1. The average molecular weight is 282 g/mol. The van der Waals surface area contributed by atoms with Crippen LogP contribution in [0, 0.1) is 6.92 Å². The fourth-order valence-electron chi connectivity index (χ4n) is 2.29. The lowest BCUT2D eigenvalue weighted by Crippen LogP contribution is -2.38. The fourth-order valence-corrected chi connectivity index (χ4v) is 2.29. The van der Waals surface area contributed by atoms with Gasteiger partial charge in [-0.3, -0.25) is 4.79 Å². The van der Waals surface area contributed by atoms with Crippen LogP contribution >= 0.6 is 0 Å². The molecule has 0 fully saturated rings. The summed E-state index contributed by atoms with van der Waals surface area (Å²) in [6, 6.07) is 10.8. The Morgan fingerprint density at radius 2 is 2.10 bits per heavy atom. The van der Waals surface area contributed by atoms with E-state index in [1.54, 1.807) is 24.4 Å². The lowest BCUT2D eigenvalue weighted by molar-refractivity contribution is -0.125. The lowest BCUT2D eigenvalue weighted by Gasteiger charge is -2.23. The molecule has 5 heteroatoms. The molecule has 1 aliphatic rings. The van der Waals surface area contributed by atoms with Crippen LogP contribution in [0.5, 0.6) is 0 Å². The van der Waals surface area contributed by atoms with Crippen molar-refractivity contribution in [3.8, 4) is 0 Å².